The largest absolute Gasteiger partial charge is 0.492 e. The van der Waals surface area contributed by atoms with E-state index in [4.69, 9.17) is 9.26 Å². The van der Waals surface area contributed by atoms with Crippen molar-refractivity contribution in [2.75, 3.05) is 13.2 Å². The van der Waals surface area contributed by atoms with Gasteiger partial charge in [-0.2, -0.15) is 0 Å². The van der Waals surface area contributed by atoms with Crippen molar-refractivity contribution < 1.29 is 9.26 Å². The highest BCUT2D eigenvalue weighted by Gasteiger charge is 1.99. The van der Waals surface area contributed by atoms with E-state index in [1.165, 1.54) is 0 Å². The summed E-state index contributed by atoms with van der Waals surface area (Å²) in [4.78, 5) is 0. The Bertz CT molecular complexity index is 499. The van der Waals surface area contributed by atoms with Gasteiger partial charge in [0.25, 0.3) is 0 Å². The Hall–Kier alpha value is -1.33. The standard InChI is InChI=1S/C13H15BrN2O2/c1-10-7-12(16-18-10)9-15-5-6-17-13-4-2-3-11(14)8-13/h2-4,7-8,15H,5-6,9H2,1H3. The first-order valence-electron chi connectivity index (χ1n) is 5.75. The van der Waals surface area contributed by atoms with Gasteiger partial charge in [0.15, 0.2) is 0 Å². The van der Waals surface area contributed by atoms with Crippen LogP contribution in [0.4, 0.5) is 0 Å². The van der Waals surface area contributed by atoms with Crippen LogP contribution < -0.4 is 10.1 Å². The van der Waals surface area contributed by atoms with Crippen molar-refractivity contribution in [1.29, 1.82) is 0 Å². The average Bonchev–Trinajstić information content (AvgIpc) is 2.75. The highest BCUT2D eigenvalue weighted by atomic mass is 79.9. The van der Waals surface area contributed by atoms with Gasteiger partial charge in [-0.15, -0.1) is 0 Å². The third kappa shape index (κ3) is 4.16. The predicted octanol–water partition coefficient (Wildman–Crippen LogP) is 2.91. The van der Waals surface area contributed by atoms with Gasteiger partial charge in [-0.25, -0.2) is 0 Å². The molecule has 96 valence electrons. The number of aromatic nitrogens is 1. The van der Waals surface area contributed by atoms with E-state index in [0.29, 0.717) is 13.2 Å². The van der Waals surface area contributed by atoms with E-state index in [-0.39, 0.29) is 0 Å². The predicted molar refractivity (Wildman–Crippen MR) is 72.6 cm³/mol. The minimum Gasteiger partial charge on any atom is -0.492 e. The van der Waals surface area contributed by atoms with Crippen LogP contribution in [0.25, 0.3) is 0 Å². The lowest BCUT2D eigenvalue weighted by molar-refractivity contribution is 0.312. The summed E-state index contributed by atoms with van der Waals surface area (Å²) in [5.74, 6) is 1.70. The van der Waals surface area contributed by atoms with Crippen molar-refractivity contribution >= 4 is 15.9 Å². The summed E-state index contributed by atoms with van der Waals surface area (Å²) in [7, 11) is 0. The lowest BCUT2D eigenvalue weighted by atomic mass is 10.3. The molecule has 4 nitrogen and oxygen atoms in total. The maximum absolute atomic E-state index is 5.59. The molecule has 0 fully saturated rings. The molecule has 0 unspecified atom stereocenters. The molecule has 0 aliphatic carbocycles. The number of nitrogens with zero attached hydrogens (tertiary/aromatic N) is 1. The van der Waals surface area contributed by atoms with Crippen LogP contribution in [0.15, 0.2) is 39.3 Å². The molecule has 2 aromatic rings. The Morgan fingerprint density at radius 2 is 2.28 bits per heavy atom. The third-order valence-electron chi connectivity index (χ3n) is 2.33. The molecule has 5 heteroatoms. The number of benzene rings is 1. The molecule has 1 N–H and O–H groups in total. The SMILES string of the molecule is Cc1cc(CNCCOc2cccc(Br)c2)no1. The van der Waals surface area contributed by atoms with Crippen molar-refractivity contribution in [3.05, 3.63) is 46.3 Å². The molecule has 0 aliphatic rings. The fourth-order valence-electron chi connectivity index (χ4n) is 1.52. The quantitative estimate of drug-likeness (QED) is 0.833. The van der Waals surface area contributed by atoms with Gasteiger partial charge in [0.1, 0.15) is 18.1 Å². The molecule has 0 spiro atoms. The van der Waals surface area contributed by atoms with Gasteiger partial charge in [0, 0.05) is 23.6 Å². The number of aryl methyl sites for hydroxylation is 1. The minimum absolute atomic E-state index is 0.618. The van der Waals surface area contributed by atoms with Crippen LogP contribution in [0.1, 0.15) is 11.5 Å². The first-order chi connectivity index (χ1) is 8.74. The minimum atomic E-state index is 0.618. The zero-order valence-electron chi connectivity index (χ0n) is 10.1. The van der Waals surface area contributed by atoms with Crippen LogP contribution in [0.2, 0.25) is 0 Å². The summed E-state index contributed by atoms with van der Waals surface area (Å²) >= 11 is 3.40. The van der Waals surface area contributed by atoms with Crippen LogP contribution in [-0.2, 0) is 6.54 Å². The van der Waals surface area contributed by atoms with E-state index in [9.17, 15) is 0 Å². The Labute approximate surface area is 114 Å². The second-order valence-electron chi connectivity index (χ2n) is 3.91. The molecule has 2 rings (SSSR count). The summed E-state index contributed by atoms with van der Waals surface area (Å²) in [6, 6.07) is 9.72. The molecule has 1 aromatic heterocycles. The second kappa shape index (κ2) is 6.56. The maximum atomic E-state index is 5.59. The molecule has 0 bridgehead atoms. The summed E-state index contributed by atoms with van der Waals surface area (Å²) in [6.07, 6.45) is 0. The van der Waals surface area contributed by atoms with Crippen LogP contribution >= 0.6 is 15.9 Å². The molecule has 18 heavy (non-hydrogen) atoms. The maximum Gasteiger partial charge on any atom is 0.133 e. The topological polar surface area (TPSA) is 47.3 Å². The fraction of sp³-hybridized carbons (Fsp3) is 0.308. The molecule has 0 saturated heterocycles. The summed E-state index contributed by atoms with van der Waals surface area (Å²) < 4.78 is 11.6. The number of halogens is 1. The summed E-state index contributed by atoms with van der Waals surface area (Å²) in [5, 5.41) is 7.14. The zero-order valence-corrected chi connectivity index (χ0v) is 11.7. The monoisotopic (exact) mass is 310 g/mol. The van der Waals surface area contributed by atoms with E-state index < -0.39 is 0 Å². The smallest absolute Gasteiger partial charge is 0.133 e. The number of nitrogens with one attached hydrogen (secondary N) is 1. The van der Waals surface area contributed by atoms with Crippen LogP contribution in [0, 0.1) is 6.92 Å². The van der Waals surface area contributed by atoms with Gasteiger partial charge in [-0.1, -0.05) is 27.2 Å². The fourth-order valence-corrected chi connectivity index (χ4v) is 1.89. The Morgan fingerprint density at radius 1 is 1.39 bits per heavy atom. The van der Waals surface area contributed by atoms with Crippen molar-refractivity contribution in [2.45, 2.75) is 13.5 Å². The molecule has 0 radical (unpaired) electrons. The molecule has 0 aliphatic heterocycles. The number of hydrogen-bond acceptors (Lipinski definition) is 4. The second-order valence-corrected chi connectivity index (χ2v) is 4.83. The van der Waals surface area contributed by atoms with Crippen LogP contribution in [-0.4, -0.2) is 18.3 Å². The van der Waals surface area contributed by atoms with E-state index in [1.807, 2.05) is 37.3 Å². The van der Waals surface area contributed by atoms with E-state index >= 15 is 0 Å². The van der Waals surface area contributed by atoms with E-state index in [2.05, 4.69) is 26.4 Å². The zero-order chi connectivity index (χ0) is 12.8. The van der Waals surface area contributed by atoms with Crippen molar-refractivity contribution in [2.24, 2.45) is 0 Å². The van der Waals surface area contributed by atoms with Gasteiger partial charge in [0.05, 0.1) is 5.69 Å². The average molecular weight is 311 g/mol. The molecular weight excluding hydrogens is 296 g/mol. The van der Waals surface area contributed by atoms with Crippen molar-refractivity contribution in [3.63, 3.8) is 0 Å². The summed E-state index contributed by atoms with van der Waals surface area (Å²) in [5.41, 5.74) is 0.912. The lowest BCUT2D eigenvalue weighted by Gasteiger charge is -2.06. The highest BCUT2D eigenvalue weighted by molar-refractivity contribution is 9.10. The van der Waals surface area contributed by atoms with Gasteiger partial charge in [0.2, 0.25) is 0 Å². The molecule has 0 saturated carbocycles. The van der Waals surface area contributed by atoms with Gasteiger partial charge >= 0.3 is 0 Å². The first kappa shape index (κ1) is 13.1. The Balaban J connectivity index is 1.64. The van der Waals surface area contributed by atoms with E-state index in [0.717, 1.165) is 28.2 Å². The van der Waals surface area contributed by atoms with Gasteiger partial charge in [-0.3, -0.25) is 0 Å². The number of rotatable bonds is 6. The molecule has 1 aromatic carbocycles. The molecule has 0 amide bonds. The van der Waals surface area contributed by atoms with Crippen LogP contribution in [0.3, 0.4) is 0 Å². The van der Waals surface area contributed by atoms with E-state index in [1.54, 1.807) is 0 Å². The van der Waals surface area contributed by atoms with Crippen molar-refractivity contribution in [3.8, 4) is 5.75 Å². The molecule has 0 atom stereocenters. The number of hydrogen-bond donors (Lipinski definition) is 1. The first-order valence-corrected chi connectivity index (χ1v) is 6.54. The molecular formula is C13H15BrN2O2. The lowest BCUT2D eigenvalue weighted by Crippen LogP contribution is -2.20. The number of ether oxygens (including phenoxy) is 1. The molecule has 1 heterocycles. The van der Waals surface area contributed by atoms with Crippen LogP contribution in [0.5, 0.6) is 5.75 Å². The Kier molecular flexibility index (Phi) is 4.78. The normalized spacial score (nSPS) is 10.6. The van der Waals surface area contributed by atoms with Crippen molar-refractivity contribution in [1.82, 2.24) is 10.5 Å². The highest BCUT2D eigenvalue weighted by Crippen LogP contribution is 2.17. The summed E-state index contributed by atoms with van der Waals surface area (Å²) in [6.45, 7) is 3.96. The Morgan fingerprint density at radius 3 is 3.00 bits per heavy atom. The van der Waals surface area contributed by atoms with Gasteiger partial charge in [-0.05, 0) is 25.1 Å². The van der Waals surface area contributed by atoms with Gasteiger partial charge < -0.3 is 14.6 Å². The third-order valence-corrected chi connectivity index (χ3v) is 2.82.